The summed E-state index contributed by atoms with van der Waals surface area (Å²) in [5.74, 6) is 0.648. The van der Waals surface area contributed by atoms with Crippen LogP contribution in [0.4, 0.5) is 5.82 Å². The second-order valence-electron chi connectivity index (χ2n) is 4.68. The predicted octanol–water partition coefficient (Wildman–Crippen LogP) is 4.36. The second-order valence-corrected chi connectivity index (χ2v) is 6.03. The molecule has 0 radical (unpaired) electrons. The van der Waals surface area contributed by atoms with E-state index in [0.29, 0.717) is 10.8 Å². The van der Waals surface area contributed by atoms with Gasteiger partial charge in [0.15, 0.2) is 0 Å². The number of thiophene rings is 1. The monoisotopic (exact) mass is 303 g/mol. The summed E-state index contributed by atoms with van der Waals surface area (Å²) in [6, 6.07) is 9.79. The van der Waals surface area contributed by atoms with E-state index in [0.717, 1.165) is 21.7 Å². The molecule has 3 nitrogen and oxygen atoms in total. The van der Waals surface area contributed by atoms with E-state index in [4.69, 9.17) is 17.3 Å². The fraction of sp³-hybridized carbons (Fsp3) is 0.133. The van der Waals surface area contributed by atoms with E-state index < -0.39 is 0 Å². The van der Waals surface area contributed by atoms with Crippen LogP contribution >= 0.6 is 22.9 Å². The lowest BCUT2D eigenvalue weighted by atomic mass is 10.0. The van der Waals surface area contributed by atoms with Crippen LogP contribution in [-0.2, 0) is 7.05 Å². The van der Waals surface area contributed by atoms with Crippen molar-refractivity contribution in [2.45, 2.75) is 6.92 Å². The zero-order valence-corrected chi connectivity index (χ0v) is 12.8. The molecule has 0 aliphatic rings. The summed E-state index contributed by atoms with van der Waals surface area (Å²) in [5, 5.41) is 7.34. The molecule has 0 spiro atoms. The van der Waals surface area contributed by atoms with Gasteiger partial charge in [0.25, 0.3) is 0 Å². The van der Waals surface area contributed by atoms with Crippen molar-refractivity contribution in [2.24, 2.45) is 7.05 Å². The lowest BCUT2D eigenvalue weighted by Crippen LogP contribution is -1.97. The third-order valence-electron chi connectivity index (χ3n) is 3.28. The number of aromatic nitrogens is 2. The highest BCUT2D eigenvalue weighted by Crippen LogP contribution is 2.39. The van der Waals surface area contributed by atoms with Gasteiger partial charge in [-0.3, -0.25) is 4.68 Å². The standard InChI is InChI=1S/C15H14ClN3S/c1-9-6-7-20-14(9)13-12(15(17)19(2)18-13)10-4-3-5-11(16)8-10/h3-8H,17H2,1-2H3. The first-order valence-electron chi connectivity index (χ1n) is 6.21. The van der Waals surface area contributed by atoms with Gasteiger partial charge in [0.2, 0.25) is 0 Å². The largest absolute Gasteiger partial charge is 0.383 e. The Kier molecular flexibility index (Phi) is 3.28. The second kappa shape index (κ2) is 4.96. The van der Waals surface area contributed by atoms with Gasteiger partial charge in [-0.15, -0.1) is 11.3 Å². The Labute approximate surface area is 126 Å². The van der Waals surface area contributed by atoms with Crippen LogP contribution in [0.15, 0.2) is 35.7 Å². The molecule has 20 heavy (non-hydrogen) atoms. The van der Waals surface area contributed by atoms with Gasteiger partial charge in [0.05, 0.1) is 10.4 Å². The number of rotatable bonds is 2. The zero-order valence-electron chi connectivity index (χ0n) is 11.2. The molecule has 0 saturated carbocycles. The van der Waals surface area contributed by atoms with Crippen molar-refractivity contribution in [3.05, 3.63) is 46.3 Å². The first-order valence-corrected chi connectivity index (χ1v) is 7.46. The molecule has 2 N–H and O–H groups in total. The Bertz CT molecular complexity index is 773. The zero-order chi connectivity index (χ0) is 14.3. The molecule has 3 aromatic rings. The van der Waals surface area contributed by atoms with Gasteiger partial charge in [-0.05, 0) is 41.6 Å². The summed E-state index contributed by atoms with van der Waals surface area (Å²) in [7, 11) is 1.86. The van der Waals surface area contributed by atoms with E-state index in [-0.39, 0.29) is 0 Å². The van der Waals surface area contributed by atoms with Crippen LogP contribution in [0.1, 0.15) is 5.56 Å². The molecule has 0 fully saturated rings. The molecule has 0 bridgehead atoms. The van der Waals surface area contributed by atoms with Gasteiger partial charge in [0.1, 0.15) is 11.5 Å². The molecule has 0 aliphatic heterocycles. The van der Waals surface area contributed by atoms with E-state index >= 15 is 0 Å². The Morgan fingerprint density at radius 3 is 2.75 bits per heavy atom. The molecule has 3 rings (SSSR count). The maximum absolute atomic E-state index is 6.20. The van der Waals surface area contributed by atoms with Gasteiger partial charge in [-0.25, -0.2) is 0 Å². The lowest BCUT2D eigenvalue weighted by Gasteiger charge is -2.04. The van der Waals surface area contributed by atoms with Crippen molar-refractivity contribution in [3.8, 4) is 21.7 Å². The Morgan fingerprint density at radius 2 is 2.10 bits per heavy atom. The Morgan fingerprint density at radius 1 is 1.30 bits per heavy atom. The van der Waals surface area contributed by atoms with E-state index in [1.807, 2.05) is 31.3 Å². The van der Waals surface area contributed by atoms with Crippen LogP contribution in [0.2, 0.25) is 5.02 Å². The van der Waals surface area contributed by atoms with Gasteiger partial charge >= 0.3 is 0 Å². The predicted molar refractivity (Wildman–Crippen MR) is 86.1 cm³/mol. The van der Waals surface area contributed by atoms with E-state index in [2.05, 4.69) is 23.5 Å². The van der Waals surface area contributed by atoms with Crippen LogP contribution in [0, 0.1) is 6.92 Å². The third-order valence-corrected chi connectivity index (χ3v) is 4.54. The molecular formula is C15H14ClN3S. The topological polar surface area (TPSA) is 43.8 Å². The highest BCUT2D eigenvalue weighted by molar-refractivity contribution is 7.13. The summed E-state index contributed by atoms with van der Waals surface area (Å²) in [5.41, 5.74) is 10.3. The normalized spacial score (nSPS) is 10.9. The summed E-state index contributed by atoms with van der Waals surface area (Å²) < 4.78 is 1.71. The summed E-state index contributed by atoms with van der Waals surface area (Å²) >= 11 is 7.77. The summed E-state index contributed by atoms with van der Waals surface area (Å²) in [4.78, 5) is 1.15. The third kappa shape index (κ3) is 2.11. The molecule has 0 saturated heterocycles. The molecule has 0 unspecified atom stereocenters. The summed E-state index contributed by atoms with van der Waals surface area (Å²) in [6.07, 6.45) is 0. The number of hydrogen-bond donors (Lipinski definition) is 1. The van der Waals surface area contributed by atoms with Crippen molar-refractivity contribution in [1.29, 1.82) is 0 Å². The summed E-state index contributed by atoms with van der Waals surface area (Å²) in [6.45, 7) is 2.08. The number of aryl methyl sites for hydroxylation is 2. The maximum Gasteiger partial charge on any atom is 0.129 e. The molecule has 2 aromatic heterocycles. The van der Waals surface area contributed by atoms with Crippen LogP contribution < -0.4 is 5.73 Å². The van der Waals surface area contributed by atoms with Crippen molar-refractivity contribution in [3.63, 3.8) is 0 Å². The molecule has 0 atom stereocenters. The van der Waals surface area contributed by atoms with Crippen molar-refractivity contribution >= 4 is 28.8 Å². The number of benzene rings is 1. The Hall–Kier alpha value is -1.78. The van der Waals surface area contributed by atoms with Crippen LogP contribution in [-0.4, -0.2) is 9.78 Å². The number of halogens is 1. The number of nitrogen functional groups attached to an aromatic ring is 1. The molecule has 1 aromatic carbocycles. The van der Waals surface area contributed by atoms with Crippen molar-refractivity contribution in [2.75, 3.05) is 5.73 Å². The maximum atomic E-state index is 6.20. The van der Waals surface area contributed by atoms with Gasteiger partial charge < -0.3 is 5.73 Å². The van der Waals surface area contributed by atoms with Crippen LogP contribution in [0.3, 0.4) is 0 Å². The highest BCUT2D eigenvalue weighted by Gasteiger charge is 2.19. The SMILES string of the molecule is Cc1ccsc1-c1nn(C)c(N)c1-c1cccc(Cl)c1. The molecule has 2 heterocycles. The lowest BCUT2D eigenvalue weighted by molar-refractivity contribution is 0.783. The van der Waals surface area contributed by atoms with Crippen LogP contribution in [0.5, 0.6) is 0 Å². The van der Waals surface area contributed by atoms with E-state index in [1.165, 1.54) is 5.56 Å². The molecule has 0 amide bonds. The quantitative estimate of drug-likeness (QED) is 0.764. The molecule has 5 heteroatoms. The number of nitrogens with two attached hydrogens (primary N) is 1. The number of hydrogen-bond acceptors (Lipinski definition) is 3. The average molecular weight is 304 g/mol. The smallest absolute Gasteiger partial charge is 0.129 e. The first kappa shape index (κ1) is 13.2. The van der Waals surface area contributed by atoms with Crippen molar-refractivity contribution < 1.29 is 0 Å². The minimum absolute atomic E-state index is 0.648. The fourth-order valence-electron chi connectivity index (χ4n) is 2.24. The molecule has 102 valence electrons. The number of nitrogens with zero attached hydrogens (tertiary/aromatic N) is 2. The highest BCUT2D eigenvalue weighted by atomic mass is 35.5. The van der Waals surface area contributed by atoms with Crippen LogP contribution in [0.25, 0.3) is 21.7 Å². The van der Waals surface area contributed by atoms with Gasteiger partial charge in [0, 0.05) is 12.1 Å². The van der Waals surface area contributed by atoms with Gasteiger partial charge in [-0.2, -0.15) is 5.10 Å². The Balaban J connectivity index is 2.28. The van der Waals surface area contributed by atoms with Gasteiger partial charge in [-0.1, -0.05) is 23.7 Å². The fourth-order valence-corrected chi connectivity index (χ4v) is 3.35. The first-order chi connectivity index (χ1) is 9.58. The van der Waals surface area contributed by atoms with E-state index in [1.54, 1.807) is 16.0 Å². The minimum atomic E-state index is 0.648. The van der Waals surface area contributed by atoms with E-state index in [9.17, 15) is 0 Å². The molecular weight excluding hydrogens is 290 g/mol. The molecule has 0 aliphatic carbocycles. The van der Waals surface area contributed by atoms with Crippen molar-refractivity contribution in [1.82, 2.24) is 9.78 Å². The minimum Gasteiger partial charge on any atom is -0.383 e. The number of anilines is 1. The average Bonchev–Trinajstić information content (AvgIpc) is 2.94.